The maximum Gasteiger partial charge on any atom is 0.304 e. The third-order valence-corrected chi connectivity index (χ3v) is 9.09. The zero-order valence-corrected chi connectivity index (χ0v) is 25.1. The molecule has 2 aliphatic heterocycles. The number of anilines is 1. The van der Waals surface area contributed by atoms with Crippen LogP contribution >= 0.6 is 0 Å². The first kappa shape index (κ1) is 30.4. The zero-order valence-electron chi connectivity index (χ0n) is 24.3. The van der Waals surface area contributed by atoms with E-state index in [1.807, 2.05) is 19.9 Å². The highest BCUT2D eigenvalue weighted by molar-refractivity contribution is 7.87. The zero-order chi connectivity index (χ0) is 29.2. The fraction of sp³-hybridized carbons (Fsp3) is 0.586. The largest absolute Gasteiger partial charge is 0.374 e. The Bertz CT molecular complexity index is 1330. The van der Waals surface area contributed by atoms with Crippen LogP contribution in [-0.4, -0.2) is 68.0 Å². The smallest absolute Gasteiger partial charge is 0.304 e. The molecule has 0 aliphatic carbocycles. The van der Waals surface area contributed by atoms with Gasteiger partial charge in [-0.1, -0.05) is 6.92 Å². The summed E-state index contributed by atoms with van der Waals surface area (Å²) < 4.78 is 50.3. The molecule has 2 saturated heterocycles. The van der Waals surface area contributed by atoms with Crippen LogP contribution in [0.3, 0.4) is 0 Å². The number of halogens is 1. The summed E-state index contributed by atoms with van der Waals surface area (Å²) in [7, 11) is -2.25. The molecule has 0 spiro atoms. The summed E-state index contributed by atoms with van der Waals surface area (Å²) >= 11 is 0. The lowest BCUT2D eigenvalue weighted by Crippen LogP contribution is -2.52. The van der Waals surface area contributed by atoms with Crippen LogP contribution in [0.1, 0.15) is 69.8 Å². The number of pyridine rings is 1. The molecule has 11 heteroatoms. The molecule has 1 aromatic carbocycles. The molecular formula is C29H42FN5O4S. The number of nitrogens with one attached hydrogen (secondary N) is 2. The molecule has 4 rings (SSSR count). The van der Waals surface area contributed by atoms with E-state index in [1.165, 1.54) is 16.4 Å². The first-order chi connectivity index (χ1) is 18.8. The van der Waals surface area contributed by atoms with Gasteiger partial charge in [-0.25, -0.2) is 14.1 Å². The molecule has 3 heterocycles. The molecule has 0 saturated carbocycles. The van der Waals surface area contributed by atoms with Gasteiger partial charge in [0.15, 0.2) is 0 Å². The molecule has 2 aromatic rings. The highest BCUT2D eigenvalue weighted by atomic mass is 32.2. The van der Waals surface area contributed by atoms with Crippen molar-refractivity contribution in [2.24, 2.45) is 5.92 Å². The highest BCUT2D eigenvalue weighted by Gasteiger charge is 2.39. The van der Waals surface area contributed by atoms with E-state index in [-0.39, 0.29) is 29.9 Å². The first-order valence-corrected chi connectivity index (χ1v) is 15.4. The van der Waals surface area contributed by atoms with Crippen molar-refractivity contribution < 1.29 is 22.3 Å². The molecule has 40 heavy (non-hydrogen) atoms. The lowest BCUT2D eigenvalue weighted by molar-refractivity contribution is 0.0656. The molecule has 0 radical (unpaired) electrons. The van der Waals surface area contributed by atoms with E-state index in [4.69, 9.17) is 9.72 Å². The molecule has 2 unspecified atom stereocenters. The van der Waals surface area contributed by atoms with Gasteiger partial charge in [0.2, 0.25) is 0 Å². The van der Waals surface area contributed by atoms with Gasteiger partial charge < -0.3 is 15.0 Å². The molecule has 2 N–H and O–H groups in total. The standard InChI is InChI=1S/C29H42FN5O4S/c1-19(2)39-18-21-12-22(14-23(30)13-21)26-10-9-25(27(32-26)35-16-20(3)15-29(35,4)5)28(36)33-40(37,38)34-11-7-8-24(17-34)31-6/h9-10,12-14,19-20,24,31H,7-8,11,15-18H2,1-6H3,(H,33,36). The van der Waals surface area contributed by atoms with E-state index in [0.29, 0.717) is 54.6 Å². The second-order valence-electron chi connectivity index (χ2n) is 11.9. The minimum atomic E-state index is -4.06. The van der Waals surface area contributed by atoms with Crippen LogP contribution in [0.5, 0.6) is 0 Å². The predicted molar refractivity (Wildman–Crippen MR) is 155 cm³/mol. The van der Waals surface area contributed by atoms with Crippen molar-refractivity contribution in [1.82, 2.24) is 19.3 Å². The maximum absolute atomic E-state index is 14.6. The second kappa shape index (κ2) is 12.1. The number of carbonyl (C=O) groups is 1. The summed E-state index contributed by atoms with van der Waals surface area (Å²) in [5.74, 6) is -0.412. The van der Waals surface area contributed by atoms with Gasteiger partial charge >= 0.3 is 10.2 Å². The highest BCUT2D eigenvalue weighted by Crippen LogP contribution is 2.38. The summed E-state index contributed by atoms with van der Waals surface area (Å²) in [6, 6.07) is 7.92. The summed E-state index contributed by atoms with van der Waals surface area (Å²) in [5, 5.41) is 3.12. The Balaban J connectivity index is 1.71. The molecule has 220 valence electrons. The number of hydrogen-bond acceptors (Lipinski definition) is 7. The van der Waals surface area contributed by atoms with Crippen molar-refractivity contribution in [3.63, 3.8) is 0 Å². The lowest BCUT2D eigenvalue weighted by atomic mass is 9.97. The average Bonchev–Trinajstić information content (AvgIpc) is 3.17. The fourth-order valence-corrected chi connectivity index (χ4v) is 6.95. The number of aromatic nitrogens is 1. The van der Waals surface area contributed by atoms with Crippen LogP contribution in [0.15, 0.2) is 30.3 Å². The van der Waals surface area contributed by atoms with Crippen molar-refractivity contribution in [1.29, 1.82) is 0 Å². The van der Waals surface area contributed by atoms with Crippen LogP contribution in [0.25, 0.3) is 11.3 Å². The number of likely N-dealkylation sites (N-methyl/N-ethyl adjacent to an activating group) is 1. The fourth-order valence-electron chi connectivity index (χ4n) is 5.73. The van der Waals surface area contributed by atoms with Crippen molar-refractivity contribution in [3.05, 3.63) is 47.3 Å². The van der Waals surface area contributed by atoms with Crippen LogP contribution in [0.2, 0.25) is 0 Å². The van der Waals surface area contributed by atoms with E-state index in [9.17, 15) is 17.6 Å². The quantitative estimate of drug-likeness (QED) is 0.464. The Labute approximate surface area is 237 Å². The van der Waals surface area contributed by atoms with E-state index in [1.54, 1.807) is 19.2 Å². The maximum atomic E-state index is 14.6. The van der Waals surface area contributed by atoms with Crippen molar-refractivity contribution in [3.8, 4) is 11.3 Å². The minimum absolute atomic E-state index is 0.000958. The van der Waals surface area contributed by atoms with E-state index in [0.717, 1.165) is 12.8 Å². The van der Waals surface area contributed by atoms with Gasteiger partial charge in [0.1, 0.15) is 11.6 Å². The molecule has 9 nitrogen and oxygen atoms in total. The summed E-state index contributed by atoms with van der Waals surface area (Å²) in [6.45, 7) is 11.7. The first-order valence-electron chi connectivity index (χ1n) is 14.0. The molecular weight excluding hydrogens is 533 g/mol. The van der Waals surface area contributed by atoms with Gasteiger partial charge in [0.25, 0.3) is 5.91 Å². The van der Waals surface area contributed by atoms with Gasteiger partial charge in [-0.15, -0.1) is 0 Å². The molecule has 0 bridgehead atoms. The Morgan fingerprint density at radius 2 is 1.98 bits per heavy atom. The number of rotatable bonds is 9. The third-order valence-electron chi connectivity index (χ3n) is 7.64. The molecule has 1 aromatic heterocycles. The number of ether oxygens (including phenoxy) is 1. The monoisotopic (exact) mass is 575 g/mol. The van der Waals surface area contributed by atoms with Crippen LogP contribution in [-0.2, 0) is 21.6 Å². The lowest BCUT2D eigenvalue weighted by Gasteiger charge is -2.34. The summed E-state index contributed by atoms with van der Waals surface area (Å²) in [5.41, 5.74) is 1.57. The Morgan fingerprint density at radius 1 is 1.23 bits per heavy atom. The molecule has 2 atom stereocenters. The minimum Gasteiger partial charge on any atom is -0.374 e. The summed E-state index contributed by atoms with van der Waals surface area (Å²) in [6.07, 6.45) is 2.46. The van der Waals surface area contributed by atoms with Crippen LogP contribution < -0.4 is 14.9 Å². The third kappa shape index (κ3) is 6.99. The number of carbonyl (C=O) groups excluding carboxylic acids is 1. The SMILES string of the molecule is CNC1CCCN(S(=O)(=O)NC(=O)c2ccc(-c3cc(F)cc(COC(C)C)c3)nc2N2CC(C)CC2(C)C)C1. The average molecular weight is 576 g/mol. The molecule has 1 amide bonds. The van der Waals surface area contributed by atoms with Crippen molar-refractivity contribution >= 4 is 21.9 Å². The van der Waals surface area contributed by atoms with E-state index < -0.39 is 21.9 Å². The van der Waals surface area contributed by atoms with Crippen LogP contribution in [0, 0.1) is 11.7 Å². The summed E-state index contributed by atoms with van der Waals surface area (Å²) in [4.78, 5) is 20.5. The normalized spacial score (nSPS) is 21.6. The van der Waals surface area contributed by atoms with Gasteiger partial charge in [-0.05, 0) is 95.8 Å². The molecule has 2 aliphatic rings. The number of nitrogens with zero attached hydrogens (tertiary/aromatic N) is 3. The van der Waals surface area contributed by atoms with Gasteiger partial charge in [-0.2, -0.15) is 12.7 Å². The van der Waals surface area contributed by atoms with Crippen molar-refractivity contribution in [2.45, 2.75) is 78.2 Å². The van der Waals surface area contributed by atoms with Gasteiger partial charge in [-0.3, -0.25) is 4.79 Å². The van der Waals surface area contributed by atoms with Gasteiger partial charge in [0.05, 0.1) is 24.0 Å². The number of hydrogen-bond donors (Lipinski definition) is 2. The van der Waals surface area contributed by atoms with Gasteiger partial charge in [0, 0.05) is 36.8 Å². The van der Waals surface area contributed by atoms with E-state index >= 15 is 0 Å². The second-order valence-corrected chi connectivity index (χ2v) is 13.6. The Kier molecular flexibility index (Phi) is 9.18. The number of amides is 1. The van der Waals surface area contributed by atoms with Crippen molar-refractivity contribution in [2.75, 3.05) is 31.6 Å². The molecule has 2 fully saturated rings. The predicted octanol–water partition coefficient (Wildman–Crippen LogP) is 4.10. The van der Waals surface area contributed by atoms with E-state index in [2.05, 4.69) is 35.7 Å². The number of piperidine rings is 1. The Hall–Kier alpha value is -2.60. The number of benzene rings is 1. The topological polar surface area (TPSA) is 104 Å². The van der Waals surface area contributed by atoms with Crippen LogP contribution in [0.4, 0.5) is 10.2 Å². The Morgan fingerprint density at radius 3 is 2.62 bits per heavy atom.